The number of amides is 2. The predicted octanol–water partition coefficient (Wildman–Crippen LogP) is 2.39. The Morgan fingerprint density at radius 1 is 1.28 bits per heavy atom. The van der Waals surface area contributed by atoms with E-state index in [4.69, 9.17) is 0 Å². The fourth-order valence-corrected chi connectivity index (χ4v) is 2.53. The number of benzene rings is 1. The molecule has 0 saturated carbocycles. The molecule has 0 bridgehead atoms. The molecule has 1 aromatic heterocycles. The van der Waals surface area contributed by atoms with E-state index >= 15 is 0 Å². The number of halogens is 3. The molecule has 0 fully saturated rings. The monoisotopic (exact) mass is 413 g/mol. The Morgan fingerprint density at radius 2 is 1.97 bits per heavy atom. The second kappa shape index (κ2) is 9.17. The minimum absolute atomic E-state index is 0.183. The molecule has 0 aliphatic carbocycles. The van der Waals surface area contributed by atoms with Gasteiger partial charge in [0.15, 0.2) is 17.5 Å². The number of hydrogen-bond donors (Lipinski definition) is 1. The second-order valence-electron chi connectivity index (χ2n) is 6.12. The van der Waals surface area contributed by atoms with E-state index in [0.29, 0.717) is 12.5 Å². The van der Waals surface area contributed by atoms with Crippen LogP contribution < -0.4 is 5.32 Å². The Hall–Kier alpha value is -3.44. The Kier molecular flexibility index (Phi) is 6.91. The molecule has 12 heteroatoms. The number of carbonyl (C=O) groups is 2. The van der Waals surface area contributed by atoms with Crippen LogP contribution in [0.3, 0.4) is 0 Å². The molecule has 2 aromatic rings. The third-order valence-corrected chi connectivity index (χ3v) is 3.95. The van der Waals surface area contributed by atoms with Gasteiger partial charge in [-0.1, -0.05) is 6.92 Å². The van der Waals surface area contributed by atoms with E-state index in [1.54, 1.807) is 6.92 Å². The largest absolute Gasteiger partial charge is 0.381 e. The lowest BCUT2D eigenvalue weighted by molar-refractivity contribution is -0.389. The SMILES string of the molecule is CCCN(CC(=O)Nc1ccc(F)c(F)c1F)C(=O)Cn1cc([N+](=O)[O-])nc1C. The van der Waals surface area contributed by atoms with Crippen molar-refractivity contribution in [1.82, 2.24) is 14.5 Å². The van der Waals surface area contributed by atoms with E-state index in [1.807, 2.05) is 0 Å². The van der Waals surface area contributed by atoms with Gasteiger partial charge in [0, 0.05) is 13.5 Å². The van der Waals surface area contributed by atoms with Crippen molar-refractivity contribution in [2.75, 3.05) is 18.4 Å². The molecule has 1 aromatic carbocycles. The van der Waals surface area contributed by atoms with Crippen molar-refractivity contribution in [1.29, 1.82) is 0 Å². The third kappa shape index (κ3) is 5.30. The number of aromatic nitrogens is 2. The standard InChI is InChI=1S/C17H18F3N5O4/c1-3-6-23(15(27)9-24-7-13(25(28)29)21-10(24)2)8-14(26)22-12-5-4-11(18)16(19)17(12)20/h4-5,7H,3,6,8-9H2,1-2H3,(H,22,26). The van der Waals surface area contributed by atoms with Crippen molar-refractivity contribution in [3.05, 3.63) is 51.7 Å². The van der Waals surface area contributed by atoms with Crippen molar-refractivity contribution in [3.63, 3.8) is 0 Å². The number of rotatable bonds is 8. The van der Waals surface area contributed by atoms with E-state index in [2.05, 4.69) is 10.3 Å². The summed E-state index contributed by atoms with van der Waals surface area (Å²) in [6, 6.07) is 1.53. The Labute approximate surface area is 163 Å². The minimum atomic E-state index is -1.72. The van der Waals surface area contributed by atoms with Crippen LogP contribution in [0, 0.1) is 34.5 Å². The van der Waals surface area contributed by atoms with Gasteiger partial charge in [-0.2, -0.15) is 0 Å². The predicted molar refractivity (Wildman–Crippen MR) is 95.4 cm³/mol. The van der Waals surface area contributed by atoms with E-state index < -0.39 is 52.2 Å². The molecular formula is C17H18F3N5O4. The number of aryl methyl sites for hydroxylation is 1. The minimum Gasteiger partial charge on any atom is -0.358 e. The lowest BCUT2D eigenvalue weighted by Gasteiger charge is -2.22. The second-order valence-corrected chi connectivity index (χ2v) is 6.12. The number of hydrogen-bond acceptors (Lipinski definition) is 5. The molecule has 156 valence electrons. The molecule has 0 saturated heterocycles. The first-order valence-electron chi connectivity index (χ1n) is 8.53. The number of nitrogens with zero attached hydrogens (tertiary/aromatic N) is 4. The quantitative estimate of drug-likeness (QED) is 0.406. The first kappa shape index (κ1) is 21.9. The summed E-state index contributed by atoms with van der Waals surface area (Å²) >= 11 is 0. The van der Waals surface area contributed by atoms with E-state index in [9.17, 15) is 32.9 Å². The maximum absolute atomic E-state index is 13.7. The average Bonchev–Trinajstić information content (AvgIpc) is 3.02. The van der Waals surface area contributed by atoms with Crippen LogP contribution in [0.4, 0.5) is 24.7 Å². The highest BCUT2D eigenvalue weighted by Crippen LogP contribution is 2.19. The van der Waals surface area contributed by atoms with Crippen molar-refractivity contribution in [2.45, 2.75) is 26.8 Å². The van der Waals surface area contributed by atoms with E-state index in [-0.39, 0.29) is 18.9 Å². The molecule has 0 unspecified atom stereocenters. The van der Waals surface area contributed by atoms with Crippen LogP contribution in [-0.4, -0.2) is 44.3 Å². The van der Waals surface area contributed by atoms with Gasteiger partial charge in [0.05, 0.1) is 12.2 Å². The Balaban J connectivity index is 2.09. The van der Waals surface area contributed by atoms with E-state index in [0.717, 1.165) is 12.3 Å². The molecule has 2 amide bonds. The van der Waals surface area contributed by atoms with Crippen molar-refractivity contribution < 1.29 is 27.7 Å². The summed E-state index contributed by atoms with van der Waals surface area (Å²) in [5.74, 6) is -6.17. The first-order chi connectivity index (χ1) is 13.6. The number of imidazole rings is 1. The van der Waals surface area contributed by atoms with Crippen LogP contribution in [0.25, 0.3) is 0 Å². The molecule has 1 N–H and O–H groups in total. The molecule has 0 spiro atoms. The number of carbonyl (C=O) groups excluding carboxylic acids is 2. The summed E-state index contributed by atoms with van der Waals surface area (Å²) in [5, 5.41) is 12.9. The zero-order chi connectivity index (χ0) is 21.7. The van der Waals surface area contributed by atoms with Gasteiger partial charge in [-0.25, -0.2) is 13.2 Å². The van der Waals surface area contributed by atoms with Crippen LogP contribution in [0.5, 0.6) is 0 Å². The third-order valence-electron chi connectivity index (χ3n) is 3.95. The van der Waals surface area contributed by atoms with Crippen LogP contribution in [0.1, 0.15) is 19.2 Å². The zero-order valence-corrected chi connectivity index (χ0v) is 15.6. The Morgan fingerprint density at radius 3 is 2.55 bits per heavy atom. The maximum Gasteiger partial charge on any atom is 0.381 e. The molecule has 0 radical (unpaired) electrons. The summed E-state index contributed by atoms with van der Waals surface area (Å²) in [4.78, 5) is 39.7. The smallest absolute Gasteiger partial charge is 0.358 e. The first-order valence-corrected chi connectivity index (χ1v) is 8.53. The summed E-state index contributed by atoms with van der Waals surface area (Å²) in [5.41, 5.74) is -0.557. The maximum atomic E-state index is 13.7. The van der Waals surface area contributed by atoms with Crippen molar-refractivity contribution >= 4 is 23.3 Å². The van der Waals surface area contributed by atoms with Crippen LogP contribution in [0.15, 0.2) is 18.3 Å². The summed E-state index contributed by atoms with van der Waals surface area (Å²) in [7, 11) is 0. The van der Waals surface area contributed by atoms with Gasteiger partial charge in [-0.15, -0.1) is 0 Å². The fraction of sp³-hybridized carbons (Fsp3) is 0.353. The summed E-state index contributed by atoms with van der Waals surface area (Å²) in [6.07, 6.45) is 1.61. The fourth-order valence-electron chi connectivity index (χ4n) is 2.53. The molecule has 1 heterocycles. The lowest BCUT2D eigenvalue weighted by atomic mass is 10.2. The zero-order valence-electron chi connectivity index (χ0n) is 15.6. The van der Waals surface area contributed by atoms with Gasteiger partial charge in [-0.05, 0) is 28.5 Å². The number of anilines is 1. The normalized spacial score (nSPS) is 10.7. The van der Waals surface area contributed by atoms with Crippen molar-refractivity contribution in [2.24, 2.45) is 0 Å². The van der Waals surface area contributed by atoms with Gasteiger partial charge in [-0.3, -0.25) is 14.2 Å². The molecule has 29 heavy (non-hydrogen) atoms. The van der Waals surface area contributed by atoms with Crippen LogP contribution in [-0.2, 0) is 16.1 Å². The molecular weight excluding hydrogens is 395 g/mol. The van der Waals surface area contributed by atoms with Crippen molar-refractivity contribution in [3.8, 4) is 0 Å². The lowest BCUT2D eigenvalue weighted by Crippen LogP contribution is -2.40. The van der Waals surface area contributed by atoms with Crippen LogP contribution >= 0.6 is 0 Å². The topological polar surface area (TPSA) is 110 Å². The van der Waals surface area contributed by atoms with Gasteiger partial charge in [0.2, 0.25) is 17.6 Å². The molecule has 0 aliphatic heterocycles. The highest BCUT2D eigenvalue weighted by atomic mass is 19.2. The summed E-state index contributed by atoms with van der Waals surface area (Å²) in [6.45, 7) is 2.67. The molecule has 0 atom stereocenters. The highest BCUT2D eigenvalue weighted by Gasteiger charge is 2.22. The van der Waals surface area contributed by atoms with Gasteiger partial charge in [0.1, 0.15) is 12.7 Å². The summed E-state index contributed by atoms with van der Waals surface area (Å²) < 4.78 is 41.2. The van der Waals surface area contributed by atoms with Gasteiger partial charge < -0.3 is 20.3 Å². The highest BCUT2D eigenvalue weighted by molar-refractivity contribution is 5.94. The number of nitro groups is 1. The Bertz CT molecular complexity index is 947. The number of nitrogens with one attached hydrogen (secondary N) is 1. The van der Waals surface area contributed by atoms with Crippen LogP contribution in [0.2, 0.25) is 0 Å². The molecule has 2 rings (SSSR count). The average molecular weight is 413 g/mol. The van der Waals surface area contributed by atoms with Gasteiger partial charge >= 0.3 is 5.82 Å². The molecule has 9 nitrogen and oxygen atoms in total. The molecule has 0 aliphatic rings. The van der Waals surface area contributed by atoms with E-state index in [1.165, 1.54) is 16.4 Å². The van der Waals surface area contributed by atoms with Gasteiger partial charge in [0.25, 0.3) is 0 Å².